The van der Waals surface area contributed by atoms with E-state index in [0.29, 0.717) is 0 Å². The van der Waals surface area contributed by atoms with Gasteiger partial charge >= 0.3 is 0 Å². The minimum atomic E-state index is -1.51. The lowest BCUT2D eigenvalue weighted by molar-refractivity contribution is 0.196. The Morgan fingerprint density at radius 3 is 0.792 bits per heavy atom. The summed E-state index contributed by atoms with van der Waals surface area (Å²) in [5.41, 5.74) is 0. The van der Waals surface area contributed by atoms with Crippen LogP contribution in [0.4, 0.5) is 0 Å². The maximum absolute atomic E-state index is 6.62. The van der Waals surface area contributed by atoms with Gasteiger partial charge in [0.25, 0.3) is 0 Å². The van der Waals surface area contributed by atoms with Crippen molar-refractivity contribution in [3.8, 4) is 0 Å². The van der Waals surface area contributed by atoms with Gasteiger partial charge in [-0.1, -0.05) is 80.1 Å². The predicted octanol–water partition coefficient (Wildman–Crippen LogP) is 7.37. The molecule has 0 unspecified atom stereocenters. The van der Waals surface area contributed by atoms with E-state index in [1.165, 1.54) is 74.8 Å². The number of rotatable bonds is 17. The summed E-state index contributed by atoms with van der Waals surface area (Å²) in [6, 6.07) is 7.98. The molecule has 0 amide bonds. The fourth-order valence-electron chi connectivity index (χ4n) is 4.43. The zero-order valence-electron chi connectivity index (χ0n) is 17.7. The second-order valence-corrected chi connectivity index (χ2v) is 15.9. The van der Waals surface area contributed by atoms with Crippen LogP contribution in [0.2, 0.25) is 36.3 Å². The fraction of sp³-hybridized carbons (Fsp3) is 1.00. The van der Waals surface area contributed by atoms with Gasteiger partial charge in [-0.05, 0) is 36.3 Å². The molecule has 0 bridgehead atoms. The highest BCUT2D eigenvalue weighted by atomic mass is 28.4. The van der Waals surface area contributed by atoms with Crippen LogP contribution in [0.25, 0.3) is 0 Å². The standard InChI is InChI=1S/C20H46O2Si2/c1-7-15-23(16-8-2,17-9-3)21-13-14-22-24(18-10-4,19-11-5)20-12-6/h7-20H2,1-6H3. The lowest BCUT2D eigenvalue weighted by Crippen LogP contribution is -2.42. The van der Waals surface area contributed by atoms with Crippen LogP contribution in [-0.2, 0) is 8.85 Å². The van der Waals surface area contributed by atoms with E-state index in [1.807, 2.05) is 0 Å². The minimum absolute atomic E-state index is 0.845. The molecule has 0 aromatic carbocycles. The van der Waals surface area contributed by atoms with Crippen molar-refractivity contribution in [2.24, 2.45) is 0 Å². The maximum Gasteiger partial charge on any atom is 0.192 e. The van der Waals surface area contributed by atoms with E-state index in [-0.39, 0.29) is 0 Å². The molecule has 0 heterocycles. The molecule has 24 heavy (non-hydrogen) atoms. The molecule has 0 aliphatic heterocycles. The lowest BCUT2D eigenvalue weighted by Gasteiger charge is -2.34. The highest BCUT2D eigenvalue weighted by Crippen LogP contribution is 2.29. The van der Waals surface area contributed by atoms with Gasteiger partial charge in [-0.15, -0.1) is 0 Å². The topological polar surface area (TPSA) is 18.5 Å². The summed E-state index contributed by atoms with van der Waals surface area (Å²) in [5, 5.41) is 0. The second kappa shape index (κ2) is 14.5. The van der Waals surface area contributed by atoms with Crippen LogP contribution in [0.15, 0.2) is 0 Å². The van der Waals surface area contributed by atoms with E-state index >= 15 is 0 Å². The molecule has 0 aromatic heterocycles. The van der Waals surface area contributed by atoms with E-state index < -0.39 is 16.6 Å². The van der Waals surface area contributed by atoms with E-state index in [4.69, 9.17) is 8.85 Å². The van der Waals surface area contributed by atoms with Gasteiger partial charge in [0.1, 0.15) is 0 Å². The molecular formula is C20H46O2Si2. The van der Waals surface area contributed by atoms with Crippen molar-refractivity contribution in [3.63, 3.8) is 0 Å². The minimum Gasteiger partial charge on any atom is -0.415 e. The molecule has 0 spiro atoms. The van der Waals surface area contributed by atoms with Crippen LogP contribution < -0.4 is 0 Å². The van der Waals surface area contributed by atoms with Gasteiger partial charge in [0, 0.05) is 0 Å². The summed E-state index contributed by atoms with van der Waals surface area (Å²) in [6.45, 7) is 15.6. The first-order valence-electron chi connectivity index (χ1n) is 10.8. The molecule has 4 heteroatoms. The summed E-state index contributed by atoms with van der Waals surface area (Å²) >= 11 is 0. The van der Waals surface area contributed by atoms with E-state index in [1.54, 1.807) is 0 Å². The first-order valence-corrected chi connectivity index (χ1v) is 15.9. The van der Waals surface area contributed by atoms with Crippen LogP contribution >= 0.6 is 0 Å². The van der Waals surface area contributed by atoms with E-state index in [9.17, 15) is 0 Å². The Bertz CT molecular complexity index is 223. The summed E-state index contributed by atoms with van der Waals surface area (Å²) in [5.74, 6) is 0. The number of hydrogen-bond donors (Lipinski definition) is 0. The fourth-order valence-corrected chi connectivity index (χ4v) is 13.3. The molecule has 0 atom stereocenters. The van der Waals surface area contributed by atoms with Crippen LogP contribution in [0, 0.1) is 0 Å². The third-order valence-corrected chi connectivity index (χ3v) is 15.2. The molecule has 2 nitrogen and oxygen atoms in total. The van der Waals surface area contributed by atoms with Crippen molar-refractivity contribution in [2.45, 2.75) is 116 Å². The van der Waals surface area contributed by atoms with Gasteiger partial charge in [0.05, 0.1) is 13.2 Å². The summed E-state index contributed by atoms with van der Waals surface area (Å²) < 4.78 is 13.2. The molecule has 0 aromatic rings. The third kappa shape index (κ3) is 9.16. The highest BCUT2D eigenvalue weighted by molar-refractivity contribution is 6.74. The number of hydrogen-bond acceptors (Lipinski definition) is 2. The highest BCUT2D eigenvalue weighted by Gasteiger charge is 2.34. The molecule has 0 saturated heterocycles. The summed E-state index contributed by atoms with van der Waals surface area (Å²) in [6.07, 6.45) is 7.63. The zero-order valence-corrected chi connectivity index (χ0v) is 19.7. The van der Waals surface area contributed by atoms with Gasteiger partial charge in [0.2, 0.25) is 0 Å². The van der Waals surface area contributed by atoms with Crippen LogP contribution in [0.1, 0.15) is 80.1 Å². The smallest absolute Gasteiger partial charge is 0.192 e. The van der Waals surface area contributed by atoms with Gasteiger partial charge in [-0.3, -0.25) is 0 Å². The Morgan fingerprint density at radius 2 is 0.625 bits per heavy atom. The maximum atomic E-state index is 6.62. The molecular weight excluding hydrogens is 328 g/mol. The average molecular weight is 375 g/mol. The van der Waals surface area contributed by atoms with Crippen molar-refractivity contribution >= 4 is 16.6 Å². The molecule has 0 fully saturated rings. The van der Waals surface area contributed by atoms with Crippen molar-refractivity contribution < 1.29 is 8.85 Å². The Balaban J connectivity index is 4.64. The van der Waals surface area contributed by atoms with Crippen LogP contribution in [-0.4, -0.2) is 29.8 Å². The van der Waals surface area contributed by atoms with Gasteiger partial charge < -0.3 is 8.85 Å². The predicted molar refractivity (Wildman–Crippen MR) is 114 cm³/mol. The third-order valence-electron chi connectivity index (χ3n) is 5.13. The van der Waals surface area contributed by atoms with Crippen molar-refractivity contribution in [1.82, 2.24) is 0 Å². The largest absolute Gasteiger partial charge is 0.415 e. The van der Waals surface area contributed by atoms with Crippen molar-refractivity contribution in [3.05, 3.63) is 0 Å². The Morgan fingerprint density at radius 1 is 0.417 bits per heavy atom. The molecule has 0 N–H and O–H groups in total. The normalized spacial score (nSPS) is 12.8. The summed E-state index contributed by atoms with van der Waals surface area (Å²) in [4.78, 5) is 0. The monoisotopic (exact) mass is 374 g/mol. The lowest BCUT2D eigenvalue weighted by atomic mass is 10.6. The van der Waals surface area contributed by atoms with Crippen LogP contribution in [0.3, 0.4) is 0 Å². The molecule has 0 saturated carbocycles. The SMILES string of the molecule is CCC[Si](CCC)(CCC)OCCO[Si](CCC)(CCC)CCC. The van der Waals surface area contributed by atoms with Gasteiger partial charge in [0.15, 0.2) is 16.6 Å². The van der Waals surface area contributed by atoms with E-state index in [0.717, 1.165) is 13.2 Å². The van der Waals surface area contributed by atoms with Crippen LogP contribution in [0.5, 0.6) is 0 Å². The first-order chi connectivity index (χ1) is 11.6. The first kappa shape index (κ1) is 24.4. The molecule has 0 radical (unpaired) electrons. The molecule has 146 valence electrons. The van der Waals surface area contributed by atoms with Gasteiger partial charge in [-0.25, -0.2) is 0 Å². The summed E-state index contributed by atoms with van der Waals surface area (Å²) in [7, 11) is -3.02. The zero-order chi connectivity index (χ0) is 18.3. The van der Waals surface area contributed by atoms with Gasteiger partial charge in [-0.2, -0.15) is 0 Å². The van der Waals surface area contributed by atoms with Crippen molar-refractivity contribution in [1.29, 1.82) is 0 Å². The Kier molecular flexibility index (Phi) is 14.7. The second-order valence-electron chi connectivity index (χ2n) is 7.56. The van der Waals surface area contributed by atoms with E-state index in [2.05, 4.69) is 41.5 Å². The quantitative estimate of drug-likeness (QED) is 0.195. The van der Waals surface area contributed by atoms with Crippen molar-refractivity contribution in [2.75, 3.05) is 13.2 Å². The molecule has 0 aliphatic carbocycles. The molecule has 0 aliphatic rings. The molecule has 0 rings (SSSR count). The Labute approximate surface area is 155 Å². The average Bonchev–Trinajstić information content (AvgIpc) is 2.53. The Hall–Kier alpha value is 0.354.